The number of amides is 1. The monoisotopic (exact) mass is 211 g/mol. The lowest BCUT2D eigenvalue weighted by Gasteiger charge is -2.14. The van der Waals surface area contributed by atoms with Crippen LogP contribution in [-0.2, 0) is 4.79 Å². The molecule has 0 aliphatic carbocycles. The fraction of sp³-hybridized carbons (Fsp3) is 0.909. The maximum Gasteiger partial charge on any atom is 0.237 e. The summed E-state index contributed by atoms with van der Waals surface area (Å²) in [6.07, 6.45) is 3.34. The summed E-state index contributed by atoms with van der Waals surface area (Å²) in [7, 11) is 2.14. The highest BCUT2D eigenvalue weighted by Crippen LogP contribution is 2.13. The summed E-state index contributed by atoms with van der Waals surface area (Å²) < 4.78 is 0. The molecule has 0 spiro atoms. The van der Waals surface area contributed by atoms with Gasteiger partial charge in [-0.05, 0) is 45.3 Å². The predicted molar refractivity (Wildman–Crippen MR) is 59.6 cm³/mol. The molecule has 0 aromatic heterocycles. The summed E-state index contributed by atoms with van der Waals surface area (Å²) in [5.74, 6) is 0.849. The molecule has 1 amide bonds. The van der Waals surface area contributed by atoms with Gasteiger partial charge in [-0.25, -0.2) is 0 Å². The third kappa shape index (κ3) is 2.92. The molecular formula is C11H21N3O. The topological polar surface area (TPSA) is 44.4 Å². The molecule has 2 atom stereocenters. The first-order valence-electron chi connectivity index (χ1n) is 5.95. The van der Waals surface area contributed by atoms with E-state index in [0.29, 0.717) is 5.92 Å². The molecule has 0 saturated carbocycles. The molecule has 0 bridgehead atoms. The Bertz CT molecular complexity index is 226. The summed E-state index contributed by atoms with van der Waals surface area (Å²) in [4.78, 5) is 14.0. The Labute approximate surface area is 91.4 Å². The van der Waals surface area contributed by atoms with E-state index in [1.165, 1.54) is 13.0 Å². The van der Waals surface area contributed by atoms with Gasteiger partial charge in [-0.3, -0.25) is 4.79 Å². The van der Waals surface area contributed by atoms with Crippen molar-refractivity contribution in [1.29, 1.82) is 0 Å². The highest BCUT2D eigenvalue weighted by molar-refractivity contribution is 5.81. The van der Waals surface area contributed by atoms with Crippen LogP contribution in [0.15, 0.2) is 0 Å². The lowest BCUT2D eigenvalue weighted by atomic mass is 10.1. The number of likely N-dealkylation sites (tertiary alicyclic amines) is 1. The maximum absolute atomic E-state index is 11.7. The normalized spacial score (nSPS) is 32.1. The molecule has 2 saturated heterocycles. The van der Waals surface area contributed by atoms with E-state index in [1.54, 1.807) is 0 Å². The van der Waals surface area contributed by atoms with Crippen molar-refractivity contribution in [2.75, 3.05) is 33.2 Å². The minimum absolute atomic E-state index is 0.0733. The fourth-order valence-corrected chi connectivity index (χ4v) is 2.47. The number of nitrogens with one attached hydrogen (secondary N) is 2. The minimum atomic E-state index is 0.0733. The number of rotatable bonds is 3. The molecule has 15 heavy (non-hydrogen) atoms. The summed E-state index contributed by atoms with van der Waals surface area (Å²) in [5, 5.41) is 6.28. The molecule has 2 fully saturated rings. The van der Waals surface area contributed by atoms with Crippen molar-refractivity contribution >= 4 is 5.91 Å². The first-order chi connectivity index (χ1) is 7.25. The Morgan fingerprint density at radius 3 is 3.00 bits per heavy atom. The van der Waals surface area contributed by atoms with Gasteiger partial charge in [0.15, 0.2) is 0 Å². The van der Waals surface area contributed by atoms with E-state index in [9.17, 15) is 4.79 Å². The van der Waals surface area contributed by atoms with E-state index in [1.807, 2.05) is 0 Å². The summed E-state index contributed by atoms with van der Waals surface area (Å²) >= 11 is 0. The van der Waals surface area contributed by atoms with E-state index in [4.69, 9.17) is 0 Å². The van der Waals surface area contributed by atoms with Crippen LogP contribution >= 0.6 is 0 Å². The van der Waals surface area contributed by atoms with Crippen LogP contribution in [0.1, 0.15) is 19.3 Å². The van der Waals surface area contributed by atoms with Crippen molar-refractivity contribution in [3.8, 4) is 0 Å². The largest absolute Gasteiger partial charge is 0.354 e. The van der Waals surface area contributed by atoms with Crippen molar-refractivity contribution in [3.05, 3.63) is 0 Å². The third-order valence-electron chi connectivity index (χ3n) is 3.43. The first kappa shape index (κ1) is 10.9. The summed E-state index contributed by atoms with van der Waals surface area (Å²) in [6, 6.07) is 0.0733. The number of carbonyl (C=O) groups is 1. The van der Waals surface area contributed by atoms with Crippen LogP contribution in [0.5, 0.6) is 0 Å². The Hall–Kier alpha value is -0.610. The van der Waals surface area contributed by atoms with Gasteiger partial charge < -0.3 is 15.5 Å². The van der Waals surface area contributed by atoms with Crippen LogP contribution in [0.2, 0.25) is 0 Å². The quantitative estimate of drug-likeness (QED) is 0.680. The van der Waals surface area contributed by atoms with Crippen LogP contribution in [0, 0.1) is 5.92 Å². The molecule has 4 nitrogen and oxygen atoms in total. The second-order valence-corrected chi connectivity index (χ2v) is 4.81. The van der Waals surface area contributed by atoms with Crippen LogP contribution in [0.25, 0.3) is 0 Å². The Balaban J connectivity index is 1.66. The first-order valence-corrected chi connectivity index (χ1v) is 5.95. The van der Waals surface area contributed by atoms with E-state index < -0.39 is 0 Å². The summed E-state index contributed by atoms with van der Waals surface area (Å²) in [5.41, 5.74) is 0. The molecule has 0 radical (unpaired) electrons. The zero-order chi connectivity index (χ0) is 10.7. The number of carbonyl (C=O) groups excluding carboxylic acids is 1. The Morgan fingerprint density at radius 1 is 1.53 bits per heavy atom. The van der Waals surface area contributed by atoms with Crippen molar-refractivity contribution in [3.63, 3.8) is 0 Å². The molecule has 0 aromatic rings. The Kier molecular flexibility index (Phi) is 3.59. The maximum atomic E-state index is 11.7. The van der Waals surface area contributed by atoms with Crippen molar-refractivity contribution in [1.82, 2.24) is 15.5 Å². The predicted octanol–water partition coefficient (Wildman–Crippen LogP) is -0.194. The van der Waals surface area contributed by atoms with Gasteiger partial charge >= 0.3 is 0 Å². The van der Waals surface area contributed by atoms with Gasteiger partial charge in [0.1, 0.15) is 0 Å². The molecule has 0 aromatic carbocycles. The minimum Gasteiger partial charge on any atom is -0.354 e. The second kappa shape index (κ2) is 4.94. The van der Waals surface area contributed by atoms with Crippen LogP contribution in [0.4, 0.5) is 0 Å². The molecule has 86 valence electrons. The average molecular weight is 211 g/mol. The van der Waals surface area contributed by atoms with Gasteiger partial charge in [0.2, 0.25) is 5.91 Å². The van der Waals surface area contributed by atoms with Crippen LogP contribution in [0.3, 0.4) is 0 Å². The molecule has 2 N–H and O–H groups in total. The third-order valence-corrected chi connectivity index (χ3v) is 3.43. The summed E-state index contributed by atoms with van der Waals surface area (Å²) in [6.45, 7) is 4.13. The lowest BCUT2D eigenvalue weighted by Crippen LogP contribution is -2.42. The molecule has 4 heteroatoms. The average Bonchev–Trinajstić information content (AvgIpc) is 2.84. The van der Waals surface area contributed by atoms with Gasteiger partial charge in [0.05, 0.1) is 6.04 Å². The zero-order valence-electron chi connectivity index (χ0n) is 9.46. The smallest absolute Gasteiger partial charge is 0.237 e. The van der Waals surface area contributed by atoms with Gasteiger partial charge in [-0.2, -0.15) is 0 Å². The SMILES string of the molecule is CN1CCC(CNC(=O)[C@@H]2CCCN2)C1. The van der Waals surface area contributed by atoms with Crippen LogP contribution in [-0.4, -0.2) is 50.1 Å². The van der Waals surface area contributed by atoms with Gasteiger partial charge in [0, 0.05) is 13.1 Å². The van der Waals surface area contributed by atoms with E-state index in [2.05, 4.69) is 22.6 Å². The molecule has 1 unspecified atom stereocenters. The fourth-order valence-electron chi connectivity index (χ4n) is 2.47. The van der Waals surface area contributed by atoms with Gasteiger partial charge in [0.25, 0.3) is 0 Å². The standard InChI is InChI=1S/C11H21N3O/c1-14-6-4-9(8-14)7-13-11(15)10-3-2-5-12-10/h9-10,12H,2-8H2,1H3,(H,13,15)/t9?,10-/m0/s1. The van der Waals surface area contributed by atoms with E-state index in [0.717, 1.165) is 32.5 Å². The van der Waals surface area contributed by atoms with Crippen molar-refractivity contribution in [2.24, 2.45) is 5.92 Å². The Morgan fingerprint density at radius 2 is 2.40 bits per heavy atom. The lowest BCUT2D eigenvalue weighted by molar-refractivity contribution is -0.122. The molecule has 2 heterocycles. The van der Waals surface area contributed by atoms with Crippen molar-refractivity contribution < 1.29 is 4.79 Å². The number of hydrogen-bond donors (Lipinski definition) is 2. The molecule has 2 aliphatic rings. The second-order valence-electron chi connectivity index (χ2n) is 4.81. The number of nitrogens with zero attached hydrogens (tertiary/aromatic N) is 1. The molecule has 2 aliphatic heterocycles. The van der Waals surface area contributed by atoms with Crippen LogP contribution < -0.4 is 10.6 Å². The molecule has 2 rings (SSSR count). The van der Waals surface area contributed by atoms with Gasteiger partial charge in [-0.1, -0.05) is 0 Å². The zero-order valence-corrected chi connectivity index (χ0v) is 9.46. The molecular weight excluding hydrogens is 190 g/mol. The van der Waals surface area contributed by atoms with Gasteiger partial charge in [-0.15, -0.1) is 0 Å². The van der Waals surface area contributed by atoms with E-state index in [-0.39, 0.29) is 11.9 Å². The van der Waals surface area contributed by atoms with Crippen molar-refractivity contribution in [2.45, 2.75) is 25.3 Å². The highest BCUT2D eigenvalue weighted by Gasteiger charge is 2.24. The highest BCUT2D eigenvalue weighted by atomic mass is 16.2. The van der Waals surface area contributed by atoms with E-state index >= 15 is 0 Å². The number of hydrogen-bond acceptors (Lipinski definition) is 3.